The molecule has 1 aromatic heterocycles. The fourth-order valence-electron chi connectivity index (χ4n) is 1.25. The average Bonchev–Trinajstić information content (AvgIpc) is 2.49. The summed E-state index contributed by atoms with van der Waals surface area (Å²) in [5.74, 6) is 0. The van der Waals surface area contributed by atoms with Crippen molar-refractivity contribution in [3.8, 4) is 0 Å². The van der Waals surface area contributed by atoms with Crippen molar-refractivity contribution in [3.63, 3.8) is 0 Å². The van der Waals surface area contributed by atoms with Gasteiger partial charge in [-0.15, -0.1) is 0 Å². The molecule has 1 heterocycles. The Morgan fingerprint density at radius 3 is 3.08 bits per heavy atom. The first-order valence-corrected chi connectivity index (χ1v) is 6.21. The summed E-state index contributed by atoms with van der Waals surface area (Å²) in [7, 11) is 0. The quantitative estimate of drug-likeness (QED) is 0.798. The molecule has 0 saturated carbocycles. The van der Waals surface area contributed by atoms with Gasteiger partial charge in [-0.05, 0) is 0 Å². The zero-order chi connectivity index (χ0) is 9.26. The molecule has 0 unspecified atom stereocenters. The third kappa shape index (κ3) is 1.73. The number of hydrogen-bond donors (Lipinski definition) is 1. The van der Waals surface area contributed by atoms with Crippen LogP contribution in [0.4, 0.5) is 4.39 Å². The molecule has 68 valence electrons. The second-order valence-corrected chi connectivity index (χ2v) is 5.02. The van der Waals surface area contributed by atoms with Gasteiger partial charge in [-0.1, -0.05) is 0 Å². The van der Waals surface area contributed by atoms with Crippen LogP contribution >= 0.6 is 11.6 Å². The summed E-state index contributed by atoms with van der Waals surface area (Å²) in [6.45, 7) is 0. The molecule has 1 nitrogen and oxygen atoms in total. The van der Waals surface area contributed by atoms with Gasteiger partial charge in [0, 0.05) is 0 Å². The van der Waals surface area contributed by atoms with Gasteiger partial charge in [0.25, 0.3) is 0 Å². The molecular weight excluding hydrogens is 256 g/mol. The van der Waals surface area contributed by atoms with Gasteiger partial charge in [-0.3, -0.25) is 0 Å². The van der Waals surface area contributed by atoms with E-state index in [0.717, 1.165) is 15.4 Å². The van der Waals surface area contributed by atoms with Gasteiger partial charge in [0.2, 0.25) is 0 Å². The van der Waals surface area contributed by atoms with Gasteiger partial charge < -0.3 is 0 Å². The number of benzene rings is 1. The first kappa shape index (κ1) is 9.07. The first-order valence-electron chi connectivity index (χ1n) is 3.76. The van der Waals surface area contributed by atoms with Crippen LogP contribution in [0, 0.1) is 0 Å². The van der Waals surface area contributed by atoms with Crippen LogP contribution in [0.2, 0.25) is 5.02 Å². The number of H-pyrrole nitrogens is 1. The van der Waals surface area contributed by atoms with E-state index in [1.54, 1.807) is 0 Å². The third-order valence-corrected chi connectivity index (χ3v) is 3.64. The van der Waals surface area contributed by atoms with E-state index >= 15 is 0 Å². The minimum absolute atomic E-state index is 0.0773. The number of aromatic nitrogens is 1. The molecule has 0 atom stereocenters. The van der Waals surface area contributed by atoms with E-state index in [1.807, 2.05) is 24.4 Å². The SMILES string of the molecule is FC[Se]c1c[nH]c2cc(Cl)ccc12. The molecule has 0 radical (unpaired) electrons. The van der Waals surface area contributed by atoms with Gasteiger partial charge in [-0.2, -0.15) is 0 Å². The van der Waals surface area contributed by atoms with Crippen molar-refractivity contribution >= 4 is 41.9 Å². The summed E-state index contributed by atoms with van der Waals surface area (Å²) in [5, 5.41) is 1.79. The van der Waals surface area contributed by atoms with Crippen molar-refractivity contribution in [2.75, 3.05) is 5.57 Å². The Labute approximate surface area is 86.4 Å². The number of rotatable bonds is 2. The number of alkyl halides is 1. The van der Waals surface area contributed by atoms with Crippen LogP contribution in [-0.2, 0) is 0 Å². The van der Waals surface area contributed by atoms with Crippen LogP contribution < -0.4 is 4.46 Å². The average molecular weight is 263 g/mol. The Bertz CT molecular complexity index is 426. The molecule has 0 fully saturated rings. The second kappa shape index (κ2) is 3.70. The molecule has 4 heteroatoms. The van der Waals surface area contributed by atoms with Crippen molar-refractivity contribution in [3.05, 3.63) is 29.4 Å². The molecule has 0 saturated heterocycles. The molecule has 2 rings (SSSR count). The van der Waals surface area contributed by atoms with Crippen molar-refractivity contribution in [1.82, 2.24) is 4.98 Å². The molecule has 0 amide bonds. The van der Waals surface area contributed by atoms with Crippen LogP contribution in [0.5, 0.6) is 0 Å². The second-order valence-electron chi connectivity index (χ2n) is 2.60. The van der Waals surface area contributed by atoms with Gasteiger partial charge in [0.1, 0.15) is 0 Å². The summed E-state index contributed by atoms with van der Waals surface area (Å²) in [6, 6.07) is 5.62. The van der Waals surface area contributed by atoms with Crippen LogP contribution in [0.3, 0.4) is 0 Å². The van der Waals surface area contributed by atoms with E-state index in [1.165, 1.54) is 0 Å². The Morgan fingerprint density at radius 2 is 2.31 bits per heavy atom. The van der Waals surface area contributed by atoms with Gasteiger partial charge >= 0.3 is 86.3 Å². The minimum atomic E-state index is -0.261. The van der Waals surface area contributed by atoms with E-state index < -0.39 is 0 Å². The van der Waals surface area contributed by atoms with Crippen molar-refractivity contribution < 1.29 is 4.39 Å². The molecular formula is C9H7ClFNSe. The molecule has 0 aliphatic heterocycles. The molecule has 1 aromatic carbocycles. The Balaban J connectivity index is 2.55. The summed E-state index contributed by atoms with van der Waals surface area (Å²) in [5.41, 5.74) is 0.723. The van der Waals surface area contributed by atoms with Crippen LogP contribution in [-0.4, -0.2) is 25.5 Å². The molecule has 0 spiro atoms. The van der Waals surface area contributed by atoms with Crippen LogP contribution in [0.25, 0.3) is 10.9 Å². The monoisotopic (exact) mass is 263 g/mol. The fourth-order valence-corrected chi connectivity index (χ4v) is 2.67. The normalized spacial score (nSPS) is 10.9. The van der Waals surface area contributed by atoms with E-state index in [4.69, 9.17) is 11.6 Å². The van der Waals surface area contributed by atoms with E-state index in [9.17, 15) is 4.39 Å². The van der Waals surface area contributed by atoms with E-state index in [2.05, 4.69) is 4.98 Å². The molecule has 2 aromatic rings. The molecule has 0 aliphatic carbocycles. The predicted molar refractivity (Wildman–Crippen MR) is 54.7 cm³/mol. The zero-order valence-electron chi connectivity index (χ0n) is 6.68. The maximum atomic E-state index is 12.2. The Morgan fingerprint density at radius 1 is 1.46 bits per heavy atom. The summed E-state index contributed by atoms with van der Waals surface area (Å²) < 4.78 is 13.2. The summed E-state index contributed by atoms with van der Waals surface area (Å²) in [4.78, 5) is 3.08. The number of aromatic amines is 1. The van der Waals surface area contributed by atoms with Crippen LogP contribution in [0.15, 0.2) is 24.4 Å². The van der Waals surface area contributed by atoms with Gasteiger partial charge in [0.05, 0.1) is 0 Å². The fraction of sp³-hybridized carbons (Fsp3) is 0.111. The topological polar surface area (TPSA) is 15.8 Å². The molecule has 0 bridgehead atoms. The summed E-state index contributed by atoms with van der Waals surface area (Å²) in [6.07, 6.45) is 1.86. The van der Waals surface area contributed by atoms with Crippen molar-refractivity contribution in [2.24, 2.45) is 0 Å². The van der Waals surface area contributed by atoms with Gasteiger partial charge in [0.15, 0.2) is 0 Å². The summed E-state index contributed by atoms with van der Waals surface area (Å²) >= 11 is 5.74. The first-order chi connectivity index (χ1) is 6.31. The van der Waals surface area contributed by atoms with Crippen LogP contribution in [0.1, 0.15) is 0 Å². The third-order valence-electron chi connectivity index (χ3n) is 1.82. The Kier molecular flexibility index (Phi) is 2.58. The predicted octanol–water partition coefficient (Wildman–Crippen LogP) is 2.08. The molecule has 13 heavy (non-hydrogen) atoms. The van der Waals surface area contributed by atoms with Crippen molar-refractivity contribution in [2.45, 2.75) is 0 Å². The number of fused-ring (bicyclic) bond motifs is 1. The number of halogens is 2. The Hall–Kier alpha value is -0.501. The molecule has 0 aliphatic rings. The van der Waals surface area contributed by atoms with E-state index in [-0.39, 0.29) is 20.5 Å². The molecule has 1 N–H and O–H groups in total. The zero-order valence-corrected chi connectivity index (χ0v) is 9.15. The van der Waals surface area contributed by atoms with E-state index in [0.29, 0.717) is 5.02 Å². The number of hydrogen-bond acceptors (Lipinski definition) is 0. The number of nitrogens with one attached hydrogen (secondary N) is 1. The maximum absolute atomic E-state index is 12.2. The van der Waals surface area contributed by atoms with Crippen molar-refractivity contribution in [1.29, 1.82) is 0 Å². The standard InChI is InChI=1S/C9H7ClFNSe/c10-6-1-2-7-8(3-6)12-4-9(7)13-5-11/h1-4,12H,5H2. The van der Waals surface area contributed by atoms with Gasteiger partial charge in [-0.25, -0.2) is 0 Å².